The molecule has 2 aromatic rings. The molecule has 0 spiro atoms. The van der Waals surface area contributed by atoms with Gasteiger partial charge >= 0.3 is 0 Å². The van der Waals surface area contributed by atoms with Crippen molar-refractivity contribution in [3.63, 3.8) is 0 Å². The van der Waals surface area contributed by atoms with E-state index < -0.39 is 27.9 Å². The van der Waals surface area contributed by atoms with Crippen LogP contribution in [0.5, 0.6) is 11.5 Å². The molecule has 1 unspecified atom stereocenters. The van der Waals surface area contributed by atoms with Gasteiger partial charge in [-0.1, -0.05) is 0 Å². The molecule has 30 heavy (non-hydrogen) atoms. The number of hydrogen-bond acceptors (Lipinski definition) is 6. The molecule has 1 saturated heterocycles. The highest BCUT2D eigenvalue weighted by Gasteiger charge is 2.51. The second kappa shape index (κ2) is 7.73. The van der Waals surface area contributed by atoms with Crippen molar-refractivity contribution < 1.29 is 27.5 Å². The molecule has 2 aliphatic rings. The van der Waals surface area contributed by atoms with Crippen LogP contribution in [0.2, 0.25) is 0 Å². The Morgan fingerprint density at radius 1 is 0.900 bits per heavy atom. The molecular formula is C21H22N2O6S. The van der Waals surface area contributed by atoms with E-state index in [1.165, 1.54) is 30.7 Å². The van der Waals surface area contributed by atoms with Crippen LogP contribution in [0.15, 0.2) is 53.4 Å². The summed E-state index contributed by atoms with van der Waals surface area (Å²) in [4.78, 5) is 27.0. The minimum Gasteiger partial charge on any atom is -0.497 e. The number of carbonyl (C=O) groups is 2. The maximum atomic E-state index is 13.4. The molecule has 2 amide bonds. The summed E-state index contributed by atoms with van der Waals surface area (Å²) >= 11 is 0. The molecule has 158 valence electrons. The number of rotatable bonds is 7. The summed E-state index contributed by atoms with van der Waals surface area (Å²) in [5.74, 6) is 0.167. The van der Waals surface area contributed by atoms with Gasteiger partial charge in [0.15, 0.2) is 0 Å². The molecular weight excluding hydrogens is 408 g/mol. The van der Waals surface area contributed by atoms with Crippen LogP contribution in [0.25, 0.3) is 0 Å². The zero-order chi connectivity index (χ0) is 21.5. The zero-order valence-corrected chi connectivity index (χ0v) is 17.5. The van der Waals surface area contributed by atoms with E-state index in [0.717, 1.165) is 4.90 Å². The molecule has 1 aliphatic carbocycles. The second-order valence-corrected chi connectivity index (χ2v) is 9.07. The molecule has 2 fully saturated rings. The van der Waals surface area contributed by atoms with Crippen LogP contribution in [0.1, 0.15) is 19.3 Å². The number of ether oxygens (including phenoxy) is 2. The van der Waals surface area contributed by atoms with E-state index in [2.05, 4.69) is 0 Å². The molecule has 0 radical (unpaired) electrons. The van der Waals surface area contributed by atoms with Gasteiger partial charge in [0.05, 0.1) is 31.2 Å². The number of nitrogens with zero attached hydrogens (tertiary/aromatic N) is 2. The maximum absolute atomic E-state index is 13.4. The van der Waals surface area contributed by atoms with E-state index in [9.17, 15) is 18.0 Å². The molecule has 1 atom stereocenters. The standard InChI is InChI=1S/C21H22N2O6S/c1-28-16-7-5-14(6-8-16)22-20(24)13-19(21(22)25)23(15-3-4-15)30(26,27)18-11-9-17(29-2)10-12-18/h5-12,15,19H,3-4,13H2,1-2H3. The van der Waals surface area contributed by atoms with E-state index in [1.54, 1.807) is 36.4 Å². The predicted octanol–water partition coefficient (Wildman–Crippen LogP) is 2.19. The van der Waals surface area contributed by atoms with Crippen molar-refractivity contribution >= 4 is 27.5 Å². The van der Waals surface area contributed by atoms with Gasteiger partial charge in [-0.15, -0.1) is 0 Å². The van der Waals surface area contributed by atoms with E-state index in [0.29, 0.717) is 30.0 Å². The van der Waals surface area contributed by atoms with Gasteiger partial charge in [-0.25, -0.2) is 13.3 Å². The first-order chi connectivity index (χ1) is 14.4. The highest BCUT2D eigenvalue weighted by molar-refractivity contribution is 7.89. The fourth-order valence-corrected chi connectivity index (χ4v) is 5.46. The van der Waals surface area contributed by atoms with E-state index in [4.69, 9.17) is 9.47 Å². The van der Waals surface area contributed by atoms with Crippen molar-refractivity contribution in [2.24, 2.45) is 0 Å². The Hall–Kier alpha value is -2.91. The fraction of sp³-hybridized carbons (Fsp3) is 0.333. The van der Waals surface area contributed by atoms with Crippen LogP contribution in [0.3, 0.4) is 0 Å². The van der Waals surface area contributed by atoms with Gasteiger partial charge in [0.1, 0.15) is 17.5 Å². The highest BCUT2D eigenvalue weighted by Crippen LogP contribution is 2.38. The first kappa shape index (κ1) is 20.4. The Kier molecular flexibility index (Phi) is 5.25. The summed E-state index contributed by atoms with van der Waals surface area (Å²) in [6.45, 7) is 0. The average molecular weight is 430 g/mol. The van der Waals surface area contributed by atoms with Gasteiger partial charge in [0, 0.05) is 6.04 Å². The Balaban J connectivity index is 1.66. The Labute approximate surface area is 175 Å². The predicted molar refractivity (Wildman–Crippen MR) is 109 cm³/mol. The van der Waals surface area contributed by atoms with Gasteiger partial charge in [0.2, 0.25) is 15.9 Å². The third-order valence-electron chi connectivity index (χ3n) is 5.30. The number of sulfonamides is 1. The number of methoxy groups -OCH3 is 2. The SMILES string of the molecule is COc1ccc(N2C(=O)CC(N(C3CC3)S(=O)(=O)c3ccc(OC)cc3)C2=O)cc1. The van der Waals surface area contributed by atoms with Crippen LogP contribution < -0.4 is 14.4 Å². The molecule has 1 saturated carbocycles. The minimum absolute atomic E-state index is 0.0679. The Bertz CT molecular complexity index is 1060. The van der Waals surface area contributed by atoms with Gasteiger partial charge in [-0.3, -0.25) is 9.59 Å². The summed E-state index contributed by atoms with van der Waals surface area (Å²) in [6.07, 6.45) is 1.14. The first-order valence-corrected chi connectivity index (χ1v) is 11.0. The topological polar surface area (TPSA) is 93.2 Å². The largest absolute Gasteiger partial charge is 0.497 e. The van der Waals surface area contributed by atoms with Gasteiger partial charge in [-0.05, 0) is 61.4 Å². The lowest BCUT2D eigenvalue weighted by Gasteiger charge is -2.26. The van der Waals surface area contributed by atoms with E-state index >= 15 is 0 Å². The lowest BCUT2D eigenvalue weighted by molar-refractivity contribution is -0.122. The van der Waals surface area contributed by atoms with Gasteiger partial charge in [-0.2, -0.15) is 4.31 Å². The third kappa shape index (κ3) is 3.54. The van der Waals surface area contributed by atoms with Crippen LogP contribution in [0.4, 0.5) is 5.69 Å². The molecule has 2 aromatic carbocycles. The smallest absolute Gasteiger partial charge is 0.252 e. The van der Waals surface area contributed by atoms with Crippen molar-refractivity contribution in [3.05, 3.63) is 48.5 Å². The van der Waals surface area contributed by atoms with Crippen molar-refractivity contribution in [1.82, 2.24) is 4.31 Å². The summed E-state index contributed by atoms with van der Waals surface area (Å²) in [5.41, 5.74) is 0.394. The number of amides is 2. The summed E-state index contributed by atoms with van der Waals surface area (Å²) in [6, 6.07) is 11.2. The molecule has 0 aromatic heterocycles. The van der Waals surface area contributed by atoms with Crippen molar-refractivity contribution in [2.75, 3.05) is 19.1 Å². The zero-order valence-electron chi connectivity index (χ0n) is 16.6. The van der Waals surface area contributed by atoms with Crippen molar-refractivity contribution in [1.29, 1.82) is 0 Å². The maximum Gasteiger partial charge on any atom is 0.252 e. The molecule has 0 bridgehead atoms. The van der Waals surface area contributed by atoms with E-state index in [-0.39, 0.29) is 17.4 Å². The van der Waals surface area contributed by atoms with Crippen molar-refractivity contribution in [3.8, 4) is 11.5 Å². The highest BCUT2D eigenvalue weighted by atomic mass is 32.2. The fourth-order valence-electron chi connectivity index (χ4n) is 3.63. The Morgan fingerprint density at radius 3 is 1.93 bits per heavy atom. The normalized spacial score (nSPS) is 19.4. The van der Waals surface area contributed by atoms with Crippen LogP contribution in [-0.2, 0) is 19.6 Å². The molecule has 8 nitrogen and oxygen atoms in total. The molecule has 0 N–H and O–H groups in total. The minimum atomic E-state index is -3.96. The number of anilines is 1. The quantitative estimate of drug-likeness (QED) is 0.625. The van der Waals surface area contributed by atoms with Gasteiger partial charge in [0.25, 0.3) is 5.91 Å². The second-order valence-electron chi connectivity index (χ2n) is 7.23. The van der Waals surface area contributed by atoms with Gasteiger partial charge < -0.3 is 9.47 Å². The number of hydrogen-bond donors (Lipinski definition) is 0. The number of imide groups is 1. The summed E-state index contributed by atoms with van der Waals surface area (Å²) in [7, 11) is -0.942. The van der Waals surface area contributed by atoms with Crippen molar-refractivity contribution in [2.45, 2.75) is 36.2 Å². The van der Waals surface area contributed by atoms with Crippen LogP contribution in [0, 0.1) is 0 Å². The molecule has 1 aliphatic heterocycles. The molecule has 9 heteroatoms. The lowest BCUT2D eigenvalue weighted by atomic mass is 10.2. The summed E-state index contributed by atoms with van der Waals surface area (Å²) in [5, 5.41) is 0. The molecule has 1 heterocycles. The summed E-state index contributed by atoms with van der Waals surface area (Å²) < 4.78 is 38.2. The monoisotopic (exact) mass is 430 g/mol. The third-order valence-corrected chi connectivity index (χ3v) is 7.28. The number of carbonyl (C=O) groups excluding carboxylic acids is 2. The van der Waals surface area contributed by atoms with Crippen LogP contribution >= 0.6 is 0 Å². The molecule has 4 rings (SSSR count). The first-order valence-electron chi connectivity index (χ1n) is 9.55. The number of benzene rings is 2. The Morgan fingerprint density at radius 2 is 1.43 bits per heavy atom. The average Bonchev–Trinajstić information content (AvgIpc) is 3.54. The van der Waals surface area contributed by atoms with E-state index in [1.807, 2.05) is 0 Å². The van der Waals surface area contributed by atoms with Crippen LogP contribution in [-0.4, -0.2) is 50.8 Å². The lowest BCUT2D eigenvalue weighted by Crippen LogP contribution is -2.46.